The van der Waals surface area contributed by atoms with Gasteiger partial charge in [0, 0.05) is 28.0 Å². The van der Waals surface area contributed by atoms with Crippen molar-refractivity contribution in [3.8, 4) is 17.2 Å². The Kier molecular flexibility index (Phi) is 7.45. The summed E-state index contributed by atoms with van der Waals surface area (Å²) in [5, 5.41) is 4.93. The van der Waals surface area contributed by atoms with E-state index in [1.807, 2.05) is 57.2 Å². The number of hydrazone groups is 1. The monoisotopic (exact) mass is 525 g/mol. The Morgan fingerprint density at radius 1 is 0.974 bits per heavy atom. The summed E-state index contributed by atoms with van der Waals surface area (Å²) in [4.78, 5) is 12.6. The lowest BCUT2D eigenvalue weighted by molar-refractivity contribution is 0.0929. The number of ether oxygens (including phenoxy) is 2. The summed E-state index contributed by atoms with van der Waals surface area (Å²) in [6.45, 7) is 6.83. The molecular formula is C31H28FN3O4. The standard InChI is InChI=1S/C31H28FN3O4/c1-4-37-28-13-14-29-23(16-28)17-30(39-29)31(36)34-33-18-24-15-20(2)35(21(24)3)26-9-11-27(12-10-26)38-19-22-5-7-25(32)8-6-22/h5-18H,4,19H2,1-3H3,(H,34,36)/b33-18+. The quantitative estimate of drug-likeness (QED) is 0.171. The van der Waals surface area contributed by atoms with Crippen LogP contribution in [0, 0.1) is 19.7 Å². The third-order valence-corrected chi connectivity index (χ3v) is 6.28. The molecule has 0 spiro atoms. The molecule has 0 atom stereocenters. The smallest absolute Gasteiger partial charge is 0.307 e. The van der Waals surface area contributed by atoms with Gasteiger partial charge < -0.3 is 18.5 Å². The second kappa shape index (κ2) is 11.3. The number of carbonyl (C=O) groups excluding carboxylic acids is 1. The molecule has 1 amide bonds. The number of amides is 1. The van der Waals surface area contributed by atoms with Crippen molar-refractivity contribution in [2.75, 3.05) is 6.61 Å². The van der Waals surface area contributed by atoms with Crippen LogP contribution < -0.4 is 14.9 Å². The highest BCUT2D eigenvalue weighted by molar-refractivity contribution is 5.97. The molecule has 7 nitrogen and oxygen atoms in total. The summed E-state index contributed by atoms with van der Waals surface area (Å²) in [5.74, 6) is 0.900. The van der Waals surface area contributed by atoms with E-state index in [0.717, 1.165) is 45.1 Å². The van der Waals surface area contributed by atoms with Crippen molar-refractivity contribution in [3.05, 3.63) is 113 Å². The van der Waals surface area contributed by atoms with E-state index in [0.29, 0.717) is 18.8 Å². The maximum atomic E-state index is 13.1. The van der Waals surface area contributed by atoms with E-state index < -0.39 is 5.91 Å². The molecule has 5 rings (SSSR count). The summed E-state index contributed by atoms with van der Waals surface area (Å²) in [7, 11) is 0. The first-order valence-corrected chi connectivity index (χ1v) is 12.6. The third-order valence-electron chi connectivity index (χ3n) is 6.28. The van der Waals surface area contributed by atoms with E-state index in [9.17, 15) is 9.18 Å². The minimum atomic E-state index is -0.439. The second-order valence-electron chi connectivity index (χ2n) is 9.01. The van der Waals surface area contributed by atoms with Gasteiger partial charge in [0.1, 0.15) is 29.5 Å². The second-order valence-corrected chi connectivity index (χ2v) is 9.01. The molecule has 5 aromatic rings. The van der Waals surface area contributed by atoms with Crippen LogP contribution in [0.25, 0.3) is 16.7 Å². The number of carbonyl (C=O) groups is 1. The van der Waals surface area contributed by atoms with Crippen molar-refractivity contribution < 1.29 is 23.1 Å². The normalized spacial score (nSPS) is 11.3. The zero-order valence-electron chi connectivity index (χ0n) is 21.9. The van der Waals surface area contributed by atoms with Crippen molar-refractivity contribution in [2.45, 2.75) is 27.4 Å². The number of aryl methyl sites for hydroxylation is 1. The van der Waals surface area contributed by atoms with Gasteiger partial charge in [0.2, 0.25) is 0 Å². The number of halogens is 1. The molecule has 0 aliphatic carbocycles. The van der Waals surface area contributed by atoms with Crippen molar-refractivity contribution in [3.63, 3.8) is 0 Å². The van der Waals surface area contributed by atoms with E-state index in [1.54, 1.807) is 36.5 Å². The van der Waals surface area contributed by atoms with Gasteiger partial charge in [-0.1, -0.05) is 12.1 Å². The lowest BCUT2D eigenvalue weighted by atomic mass is 10.2. The van der Waals surface area contributed by atoms with Gasteiger partial charge in [-0.3, -0.25) is 4.79 Å². The van der Waals surface area contributed by atoms with Crippen LogP contribution in [-0.2, 0) is 6.61 Å². The minimum absolute atomic E-state index is 0.169. The number of furan rings is 1. The first-order chi connectivity index (χ1) is 18.9. The van der Waals surface area contributed by atoms with Crippen LogP contribution in [0.4, 0.5) is 4.39 Å². The van der Waals surface area contributed by atoms with Gasteiger partial charge in [-0.05, 0) is 93.1 Å². The largest absolute Gasteiger partial charge is 0.494 e. The average molecular weight is 526 g/mol. The molecule has 2 heterocycles. The number of hydrogen-bond donors (Lipinski definition) is 1. The highest BCUT2D eigenvalue weighted by Crippen LogP contribution is 2.25. The Labute approximate surface area is 225 Å². The van der Waals surface area contributed by atoms with E-state index >= 15 is 0 Å². The molecule has 1 N–H and O–H groups in total. The zero-order chi connectivity index (χ0) is 27.4. The molecule has 0 aliphatic rings. The van der Waals surface area contributed by atoms with Crippen LogP contribution in [0.3, 0.4) is 0 Å². The summed E-state index contributed by atoms with van der Waals surface area (Å²) >= 11 is 0. The number of hydrogen-bond acceptors (Lipinski definition) is 5. The predicted molar refractivity (Wildman–Crippen MR) is 148 cm³/mol. The minimum Gasteiger partial charge on any atom is -0.494 e. The molecule has 0 radical (unpaired) electrons. The highest BCUT2D eigenvalue weighted by atomic mass is 19.1. The molecule has 198 valence electrons. The summed E-state index contributed by atoms with van der Waals surface area (Å²) in [6, 6.07) is 23.1. The molecule has 2 aromatic heterocycles. The van der Waals surface area contributed by atoms with Gasteiger partial charge in [-0.2, -0.15) is 5.10 Å². The molecule has 8 heteroatoms. The van der Waals surface area contributed by atoms with Crippen molar-refractivity contribution in [2.24, 2.45) is 5.10 Å². The fourth-order valence-electron chi connectivity index (χ4n) is 4.36. The van der Waals surface area contributed by atoms with Gasteiger partial charge in [0.25, 0.3) is 0 Å². The number of benzene rings is 3. The van der Waals surface area contributed by atoms with Gasteiger partial charge in [-0.25, -0.2) is 9.82 Å². The van der Waals surface area contributed by atoms with Gasteiger partial charge in [0.15, 0.2) is 5.76 Å². The molecule has 39 heavy (non-hydrogen) atoms. The van der Waals surface area contributed by atoms with Crippen molar-refractivity contribution >= 4 is 23.1 Å². The summed E-state index contributed by atoms with van der Waals surface area (Å²) in [5.41, 5.74) is 7.86. The van der Waals surface area contributed by atoms with Crippen LogP contribution in [0.15, 0.2) is 88.4 Å². The molecule has 3 aromatic carbocycles. The molecule has 0 bridgehead atoms. The number of fused-ring (bicyclic) bond motifs is 1. The number of nitrogens with one attached hydrogen (secondary N) is 1. The van der Waals surface area contributed by atoms with E-state index in [2.05, 4.69) is 15.1 Å². The summed E-state index contributed by atoms with van der Waals surface area (Å²) < 4.78 is 32.2. The van der Waals surface area contributed by atoms with Crippen LogP contribution >= 0.6 is 0 Å². The third kappa shape index (κ3) is 5.85. The SMILES string of the molecule is CCOc1ccc2oc(C(=O)N/N=C/c3cc(C)n(-c4ccc(OCc5ccc(F)cc5)cc4)c3C)cc2c1. The Morgan fingerprint density at radius 2 is 1.72 bits per heavy atom. The van der Waals surface area contributed by atoms with E-state index in [4.69, 9.17) is 13.9 Å². The van der Waals surface area contributed by atoms with Crippen LogP contribution in [0.1, 0.15) is 40.0 Å². The fraction of sp³-hybridized carbons (Fsp3) is 0.161. The van der Waals surface area contributed by atoms with E-state index in [-0.39, 0.29) is 11.6 Å². The van der Waals surface area contributed by atoms with Crippen molar-refractivity contribution in [1.29, 1.82) is 0 Å². The average Bonchev–Trinajstić information content (AvgIpc) is 3.48. The number of nitrogens with zero attached hydrogens (tertiary/aromatic N) is 2. The van der Waals surface area contributed by atoms with Crippen LogP contribution in [0.2, 0.25) is 0 Å². The summed E-state index contributed by atoms with van der Waals surface area (Å²) in [6.07, 6.45) is 1.62. The predicted octanol–water partition coefficient (Wildman–Crippen LogP) is 6.72. The molecule has 0 aliphatic heterocycles. The Bertz CT molecular complexity index is 1630. The first kappa shape index (κ1) is 25.8. The maximum absolute atomic E-state index is 13.1. The Morgan fingerprint density at radius 3 is 2.46 bits per heavy atom. The Balaban J connectivity index is 1.23. The molecule has 0 saturated carbocycles. The van der Waals surface area contributed by atoms with Gasteiger partial charge in [0.05, 0.1) is 12.8 Å². The number of rotatable bonds is 9. The van der Waals surface area contributed by atoms with Crippen molar-refractivity contribution in [1.82, 2.24) is 9.99 Å². The lowest BCUT2D eigenvalue weighted by Gasteiger charge is -2.11. The molecule has 0 unspecified atom stereocenters. The topological polar surface area (TPSA) is 78.0 Å². The van der Waals surface area contributed by atoms with Gasteiger partial charge >= 0.3 is 5.91 Å². The van der Waals surface area contributed by atoms with Crippen LogP contribution in [-0.4, -0.2) is 23.3 Å². The number of aromatic nitrogens is 1. The molecule has 0 fully saturated rings. The molecule has 0 saturated heterocycles. The fourth-order valence-corrected chi connectivity index (χ4v) is 4.36. The molecular weight excluding hydrogens is 497 g/mol. The Hall–Kier alpha value is -4.85. The zero-order valence-corrected chi connectivity index (χ0v) is 21.9. The lowest BCUT2D eigenvalue weighted by Crippen LogP contribution is -2.16. The first-order valence-electron chi connectivity index (χ1n) is 12.6. The maximum Gasteiger partial charge on any atom is 0.307 e. The van der Waals surface area contributed by atoms with Gasteiger partial charge in [-0.15, -0.1) is 0 Å². The highest BCUT2D eigenvalue weighted by Gasteiger charge is 2.13. The van der Waals surface area contributed by atoms with Crippen LogP contribution in [0.5, 0.6) is 11.5 Å². The van der Waals surface area contributed by atoms with E-state index in [1.165, 1.54) is 12.1 Å².